The number of carbonyl (C=O) groups excluding carboxylic acids is 1. The maximum absolute atomic E-state index is 12.1. The van der Waals surface area contributed by atoms with E-state index in [1.165, 1.54) is 4.90 Å². The Balaban J connectivity index is 2.70. The third kappa shape index (κ3) is 4.10. The molecule has 20 heavy (non-hydrogen) atoms. The second-order valence-corrected chi connectivity index (χ2v) is 6.19. The number of aliphatic carboxylic acids is 1. The van der Waals surface area contributed by atoms with Crippen LogP contribution in [0.4, 0.5) is 4.79 Å². The number of aliphatic hydroxyl groups excluding tert-OH is 1. The molecule has 0 spiro atoms. The summed E-state index contributed by atoms with van der Waals surface area (Å²) in [7, 11) is 1.56. The molecule has 0 heterocycles. The lowest BCUT2D eigenvalue weighted by atomic mass is 9.84. The Morgan fingerprint density at radius 3 is 2.30 bits per heavy atom. The van der Waals surface area contributed by atoms with Crippen molar-refractivity contribution in [3.05, 3.63) is 0 Å². The lowest BCUT2D eigenvalue weighted by Crippen LogP contribution is -2.56. The summed E-state index contributed by atoms with van der Waals surface area (Å²) in [6.45, 7) is 3.27. The maximum Gasteiger partial charge on any atom is 0.326 e. The van der Waals surface area contributed by atoms with E-state index in [1.807, 2.05) is 0 Å². The normalized spacial score (nSPS) is 18.4. The molecule has 6 nitrogen and oxygen atoms in total. The number of amides is 2. The van der Waals surface area contributed by atoms with Gasteiger partial charge in [0.2, 0.25) is 0 Å². The van der Waals surface area contributed by atoms with E-state index in [-0.39, 0.29) is 12.5 Å². The lowest BCUT2D eigenvalue weighted by Gasteiger charge is -2.36. The fraction of sp³-hybridized carbons (Fsp3) is 0.857. The van der Waals surface area contributed by atoms with Crippen molar-refractivity contribution < 1.29 is 19.8 Å². The molecular weight excluding hydrogens is 260 g/mol. The number of carboxylic acids is 1. The molecule has 116 valence electrons. The standard InChI is InChI=1S/C14H26N2O4/c1-14(2,9-17)16(3)13(20)15-11(12(18)19)10-7-5-4-6-8-10/h10-11,17H,4-9H2,1-3H3,(H,15,20)(H,18,19). The molecule has 1 rings (SSSR count). The molecule has 1 saturated carbocycles. The second-order valence-electron chi connectivity index (χ2n) is 6.19. The predicted molar refractivity (Wildman–Crippen MR) is 75.5 cm³/mol. The van der Waals surface area contributed by atoms with Gasteiger partial charge in [0.15, 0.2) is 0 Å². The van der Waals surface area contributed by atoms with Crippen molar-refractivity contribution in [1.29, 1.82) is 0 Å². The molecule has 0 radical (unpaired) electrons. The van der Waals surface area contributed by atoms with Crippen molar-refractivity contribution in [1.82, 2.24) is 10.2 Å². The maximum atomic E-state index is 12.1. The van der Waals surface area contributed by atoms with Crippen LogP contribution in [0.15, 0.2) is 0 Å². The number of hydrogen-bond donors (Lipinski definition) is 3. The highest BCUT2D eigenvalue weighted by molar-refractivity contribution is 5.83. The first-order valence-electron chi connectivity index (χ1n) is 7.17. The average Bonchev–Trinajstić information content (AvgIpc) is 2.44. The molecule has 0 aromatic heterocycles. The van der Waals surface area contributed by atoms with E-state index in [0.717, 1.165) is 32.1 Å². The van der Waals surface area contributed by atoms with Gasteiger partial charge in [0.1, 0.15) is 6.04 Å². The van der Waals surface area contributed by atoms with Gasteiger partial charge in [0.25, 0.3) is 0 Å². The highest BCUT2D eigenvalue weighted by atomic mass is 16.4. The van der Waals surface area contributed by atoms with Crippen LogP contribution in [0.5, 0.6) is 0 Å². The first kappa shape index (κ1) is 16.8. The van der Waals surface area contributed by atoms with Gasteiger partial charge in [-0.1, -0.05) is 19.3 Å². The number of urea groups is 1. The zero-order chi connectivity index (χ0) is 15.3. The Bertz CT molecular complexity index is 351. The number of likely N-dealkylation sites (N-methyl/N-ethyl adjacent to an activating group) is 1. The Kier molecular flexibility index (Phi) is 5.80. The third-order valence-electron chi connectivity index (χ3n) is 4.27. The van der Waals surface area contributed by atoms with Crippen LogP contribution in [0.3, 0.4) is 0 Å². The number of aliphatic hydroxyl groups is 1. The van der Waals surface area contributed by atoms with Gasteiger partial charge >= 0.3 is 12.0 Å². The molecule has 6 heteroatoms. The van der Waals surface area contributed by atoms with Crippen LogP contribution in [0.25, 0.3) is 0 Å². The minimum absolute atomic E-state index is 0.00385. The highest BCUT2D eigenvalue weighted by Crippen LogP contribution is 2.27. The summed E-state index contributed by atoms with van der Waals surface area (Å²) >= 11 is 0. The van der Waals surface area contributed by atoms with Crippen LogP contribution < -0.4 is 5.32 Å². The minimum Gasteiger partial charge on any atom is -0.480 e. The summed E-state index contributed by atoms with van der Waals surface area (Å²) in [6.07, 6.45) is 4.84. The van der Waals surface area contributed by atoms with E-state index in [9.17, 15) is 19.8 Å². The van der Waals surface area contributed by atoms with E-state index in [1.54, 1.807) is 20.9 Å². The zero-order valence-corrected chi connectivity index (χ0v) is 12.6. The smallest absolute Gasteiger partial charge is 0.326 e. The summed E-state index contributed by atoms with van der Waals surface area (Å²) in [5.41, 5.74) is -0.723. The van der Waals surface area contributed by atoms with Crippen LogP contribution in [0.1, 0.15) is 46.0 Å². The van der Waals surface area contributed by atoms with Gasteiger partial charge in [-0.15, -0.1) is 0 Å². The van der Waals surface area contributed by atoms with Gasteiger partial charge in [-0.2, -0.15) is 0 Å². The van der Waals surface area contributed by atoms with Crippen molar-refractivity contribution in [2.75, 3.05) is 13.7 Å². The van der Waals surface area contributed by atoms with Crippen molar-refractivity contribution in [3.8, 4) is 0 Å². The van der Waals surface area contributed by atoms with Crippen molar-refractivity contribution in [2.24, 2.45) is 5.92 Å². The van der Waals surface area contributed by atoms with Crippen molar-refractivity contribution >= 4 is 12.0 Å². The van der Waals surface area contributed by atoms with Crippen molar-refractivity contribution in [3.63, 3.8) is 0 Å². The van der Waals surface area contributed by atoms with E-state index in [0.29, 0.717) is 0 Å². The van der Waals surface area contributed by atoms with E-state index >= 15 is 0 Å². The predicted octanol–water partition coefficient (Wildman–Crippen LogP) is 1.43. The molecule has 0 saturated heterocycles. The molecule has 3 N–H and O–H groups in total. The molecule has 1 aliphatic carbocycles. The topological polar surface area (TPSA) is 89.9 Å². The summed E-state index contributed by atoms with van der Waals surface area (Å²) in [6, 6.07) is -1.30. The molecular formula is C14H26N2O4. The highest BCUT2D eigenvalue weighted by Gasteiger charge is 2.34. The van der Waals surface area contributed by atoms with Gasteiger partial charge in [-0.25, -0.2) is 9.59 Å². The Hall–Kier alpha value is -1.30. The first-order chi connectivity index (χ1) is 9.29. The van der Waals surface area contributed by atoms with E-state index < -0.39 is 23.6 Å². The molecule has 2 amide bonds. The van der Waals surface area contributed by atoms with Crippen LogP contribution in [0, 0.1) is 5.92 Å². The Morgan fingerprint density at radius 1 is 1.30 bits per heavy atom. The van der Waals surface area contributed by atoms with Gasteiger partial charge in [-0.05, 0) is 32.6 Å². The summed E-state index contributed by atoms with van der Waals surface area (Å²) in [5.74, 6) is -0.990. The van der Waals surface area contributed by atoms with Crippen LogP contribution in [0.2, 0.25) is 0 Å². The SMILES string of the molecule is CN(C(=O)NC(C(=O)O)C1CCCCC1)C(C)(C)CO. The molecule has 0 aliphatic heterocycles. The lowest BCUT2D eigenvalue weighted by molar-refractivity contribution is -0.141. The van der Waals surface area contributed by atoms with Gasteiger partial charge in [-0.3, -0.25) is 0 Å². The van der Waals surface area contributed by atoms with Crippen LogP contribution >= 0.6 is 0 Å². The molecule has 1 unspecified atom stereocenters. The summed E-state index contributed by atoms with van der Waals surface area (Å²) in [5, 5.41) is 21.2. The first-order valence-corrected chi connectivity index (χ1v) is 7.17. The average molecular weight is 286 g/mol. The largest absolute Gasteiger partial charge is 0.480 e. The minimum atomic E-state index is -0.986. The van der Waals surface area contributed by atoms with Crippen LogP contribution in [-0.2, 0) is 4.79 Å². The quantitative estimate of drug-likeness (QED) is 0.713. The molecule has 0 aromatic carbocycles. The zero-order valence-electron chi connectivity index (χ0n) is 12.6. The molecule has 0 bridgehead atoms. The molecule has 1 aliphatic rings. The molecule has 1 atom stereocenters. The number of nitrogens with zero attached hydrogens (tertiary/aromatic N) is 1. The number of nitrogens with one attached hydrogen (secondary N) is 1. The molecule has 1 fully saturated rings. The number of rotatable bonds is 5. The fourth-order valence-corrected chi connectivity index (χ4v) is 2.46. The number of carboxylic acid groups (broad SMARTS) is 1. The van der Waals surface area contributed by atoms with Crippen LogP contribution in [-0.4, -0.2) is 52.3 Å². The van der Waals surface area contributed by atoms with E-state index in [2.05, 4.69) is 5.32 Å². The van der Waals surface area contributed by atoms with E-state index in [4.69, 9.17) is 0 Å². The second kappa shape index (κ2) is 6.92. The number of hydrogen-bond acceptors (Lipinski definition) is 3. The summed E-state index contributed by atoms with van der Waals surface area (Å²) < 4.78 is 0. The Labute approximate surface area is 120 Å². The summed E-state index contributed by atoms with van der Waals surface area (Å²) in [4.78, 5) is 24.9. The van der Waals surface area contributed by atoms with Gasteiger partial charge < -0.3 is 20.4 Å². The van der Waals surface area contributed by atoms with Gasteiger partial charge in [0, 0.05) is 7.05 Å². The van der Waals surface area contributed by atoms with Gasteiger partial charge in [0.05, 0.1) is 12.1 Å². The monoisotopic (exact) mass is 286 g/mol. The third-order valence-corrected chi connectivity index (χ3v) is 4.27. The van der Waals surface area contributed by atoms with Crippen molar-refractivity contribution in [2.45, 2.75) is 57.5 Å². The number of carbonyl (C=O) groups is 2. The Morgan fingerprint density at radius 2 is 1.85 bits per heavy atom. The molecule has 0 aromatic rings. The fourth-order valence-electron chi connectivity index (χ4n) is 2.46.